The van der Waals surface area contributed by atoms with Crippen LogP contribution in [0.15, 0.2) is 36.7 Å². The molecule has 0 bridgehead atoms. The number of pyridine rings is 2. The van der Waals surface area contributed by atoms with Crippen LogP contribution in [0.2, 0.25) is 5.02 Å². The summed E-state index contributed by atoms with van der Waals surface area (Å²) in [6.45, 7) is 13.3. The highest BCUT2D eigenvalue weighted by Crippen LogP contribution is 2.40. The molecular weight excluding hydrogens is 512 g/mol. The fourth-order valence-electron chi connectivity index (χ4n) is 5.00. The lowest BCUT2D eigenvalue weighted by molar-refractivity contribution is -0.136. The zero-order valence-corrected chi connectivity index (χ0v) is 24.6. The lowest BCUT2D eigenvalue weighted by Gasteiger charge is -2.40. The Balaban J connectivity index is 1.54. The maximum Gasteiger partial charge on any atom is 0.307 e. The van der Waals surface area contributed by atoms with Gasteiger partial charge in [-0.05, 0) is 62.3 Å². The number of benzene rings is 1. The van der Waals surface area contributed by atoms with Gasteiger partial charge in [-0.25, -0.2) is 4.98 Å². The molecule has 1 N–H and O–H groups in total. The van der Waals surface area contributed by atoms with Gasteiger partial charge in [0.05, 0.1) is 23.7 Å². The Morgan fingerprint density at radius 1 is 1.08 bits per heavy atom. The summed E-state index contributed by atoms with van der Waals surface area (Å²) in [4.78, 5) is 25.5. The number of ether oxygens (including phenoxy) is 1. The van der Waals surface area contributed by atoms with E-state index < -0.39 is 5.97 Å². The minimum Gasteiger partial charge on any atom is -0.490 e. The van der Waals surface area contributed by atoms with Gasteiger partial charge in [0, 0.05) is 54.9 Å². The maximum atomic E-state index is 11.8. The van der Waals surface area contributed by atoms with Gasteiger partial charge in [-0.3, -0.25) is 9.78 Å². The third kappa shape index (κ3) is 6.64. The maximum absolute atomic E-state index is 11.8. The van der Waals surface area contributed by atoms with E-state index in [2.05, 4.69) is 23.7 Å². The molecule has 3 aromatic rings. The van der Waals surface area contributed by atoms with Crippen molar-refractivity contribution in [2.45, 2.75) is 53.9 Å². The molecule has 1 aromatic carbocycles. The van der Waals surface area contributed by atoms with Crippen molar-refractivity contribution in [3.63, 3.8) is 0 Å². The molecule has 0 amide bonds. The minimum absolute atomic E-state index is 0.0550. The molecule has 1 fully saturated rings. The van der Waals surface area contributed by atoms with Gasteiger partial charge in [0.15, 0.2) is 0 Å². The van der Waals surface area contributed by atoms with Crippen molar-refractivity contribution in [2.75, 3.05) is 43.1 Å². The number of piperidine rings is 1. The van der Waals surface area contributed by atoms with Crippen LogP contribution in [0.3, 0.4) is 0 Å². The predicted molar refractivity (Wildman–Crippen MR) is 158 cm³/mol. The van der Waals surface area contributed by atoms with Gasteiger partial charge in [0.1, 0.15) is 18.2 Å². The number of hydrogen-bond donors (Lipinski definition) is 1. The second-order valence-electron chi connectivity index (χ2n) is 11.3. The molecule has 4 rings (SSSR count). The van der Waals surface area contributed by atoms with Gasteiger partial charge >= 0.3 is 5.97 Å². The molecule has 7 nitrogen and oxygen atoms in total. The van der Waals surface area contributed by atoms with Crippen LogP contribution in [0.4, 0.5) is 11.5 Å². The number of carbonyl (C=O) groups is 1. The van der Waals surface area contributed by atoms with E-state index in [1.54, 1.807) is 0 Å². The van der Waals surface area contributed by atoms with E-state index >= 15 is 0 Å². The molecule has 0 atom stereocenters. The fourth-order valence-corrected chi connectivity index (χ4v) is 5.27. The molecule has 1 saturated heterocycles. The van der Waals surface area contributed by atoms with Gasteiger partial charge in [-0.15, -0.1) is 0 Å². The molecule has 0 spiro atoms. The largest absolute Gasteiger partial charge is 0.490 e. The van der Waals surface area contributed by atoms with E-state index in [1.165, 1.54) is 0 Å². The molecule has 3 heterocycles. The number of nitrogens with zero attached hydrogens (tertiary/aromatic N) is 4. The van der Waals surface area contributed by atoms with Crippen LogP contribution in [0.1, 0.15) is 49.1 Å². The predicted octanol–water partition coefficient (Wildman–Crippen LogP) is 6.49. The normalized spacial score (nSPS) is 14.8. The molecule has 8 heteroatoms. The summed E-state index contributed by atoms with van der Waals surface area (Å²) >= 11 is 6.45. The van der Waals surface area contributed by atoms with E-state index in [-0.39, 0.29) is 11.8 Å². The van der Waals surface area contributed by atoms with Gasteiger partial charge in [-0.2, -0.15) is 0 Å². The average Bonchev–Trinajstić information content (AvgIpc) is 2.89. The van der Waals surface area contributed by atoms with E-state index in [4.69, 9.17) is 21.3 Å². The van der Waals surface area contributed by atoms with Crippen LogP contribution in [0, 0.1) is 26.2 Å². The van der Waals surface area contributed by atoms with Crippen molar-refractivity contribution < 1.29 is 14.6 Å². The van der Waals surface area contributed by atoms with Gasteiger partial charge in [0.25, 0.3) is 0 Å². The van der Waals surface area contributed by atoms with Crippen molar-refractivity contribution in [3.05, 3.63) is 64.1 Å². The number of anilines is 2. The van der Waals surface area contributed by atoms with Crippen LogP contribution in [-0.2, 0) is 11.2 Å². The number of carboxylic acid groups (broad SMARTS) is 1. The summed E-state index contributed by atoms with van der Waals surface area (Å²) in [5.41, 5.74) is 6.65. The summed E-state index contributed by atoms with van der Waals surface area (Å²) in [5.74, 6) is 0.697. The van der Waals surface area contributed by atoms with Crippen molar-refractivity contribution in [1.29, 1.82) is 0 Å². The number of hydrogen-bond acceptors (Lipinski definition) is 6. The summed E-state index contributed by atoms with van der Waals surface area (Å²) in [6.07, 6.45) is 5.76. The quantitative estimate of drug-likeness (QED) is 0.326. The van der Waals surface area contributed by atoms with Crippen LogP contribution in [0.25, 0.3) is 11.1 Å². The fraction of sp³-hybridized carbons (Fsp3) is 0.452. The van der Waals surface area contributed by atoms with Crippen LogP contribution >= 0.6 is 11.6 Å². The van der Waals surface area contributed by atoms with E-state index in [9.17, 15) is 9.90 Å². The van der Waals surface area contributed by atoms with E-state index in [0.717, 1.165) is 76.7 Å². The molecule has 1 aliphatic heterocycles. The lowest BCUT2D eigenvalue weighted by atomic mass is 9.82. The molecule has 0 radical (unpaired) electrons. The van der Waals surface area contributed by atoms with Crippen LogP contribution < -0.4 is 14.5 Å². The highest BCUT2D eigenvalue weighted by Gasteiger charge is 2.29. The molecule has 0 aliphatic carbocycles. The number of carboxylic acids is 1. The number of aromatic nitrogens is 2. The van der Waals surface area contributed by atoms with Gasteiger partial charge < -0.3 is 19.6 Å². The lowest BCUT2D eigenvalue weighted by Crippen LogP contribution is -2.38. The Kier molecular flexibility index (Phi) is 8.70. The Labute approximate surface area is 236 Å². The molecule has 208 valence electrons. The summed E-state index contributed by atoms with van der Waals surface area (Å²) in [7, 11) is 1.98. The summed E-state index contributed by atoms with van der Waals surface area (Å²) < 4.78 is 6.02. The van der Waals surface area contributed by atoms with Gasteiger partial charge in [-0.1, -0.05) is 37.6 Å². The first-order valence-electron chi connectivity index (χ1n) is 13.5. The standard InChI is InChI=1S/C31H39ClN4O3/c1-20-7-8-21(2)30(28(20)32)39-16-15-35(6)26-10-9-23(18-34-26)25-19-33-22(3)24(17-27(37)38)29(25)36-13-11-31(4,5)12-14-36/h7-10,18-19H,11-17H2,1-6H3,(H,37,38). The molecule has 0 unspecified atom stereocenters. The topological polar surface area (TPSA) is 78.8 Å². The number of aryl methyl sites for hydroxylation is 3. The Bertz CT molecular complexity index is 1330. The minimum atomic E-state index is -0.852. The number of halogens is 1. The van der Waals surface area contributed by atoms with E-state index in [1.807, 2.05) is 69.4 Å². The number of likely N-dealkylation sites (N-methyl/N-ethyl adjacent to an activating group) is 1. The molecule has 1 aliphatic rings. The zero-order chi connectivity index (χ0) is 28.3. The Morgan fingerprint density at radius 2 is 1.77 bits per heavy atom. The molecule has 0 saturated carbocycles. The van der Waals surface area contributed by atoms with Crippen LogP contribution in [-0.4, -0.2) is 54.3 Å². The highest BCUT2D eigenvalue weighted by molar-refractivity contribution is 6.32. The second kappa shape index (κ2) is 11.8. The summed E-state index contributed by atoms with van der Waals surface area (Å²) in [5, 5.41) is 10.3. The Morgan fingerprint density at radius 3 is 2.41 bits per heavy atom. The van der Waals surface area contributed by atoms with Crippen molar-refractivity contribution in [2.24, 2.45) is 5.41 Å². The van der Waals surface area contributed by atoms with E-state index in [0.29, 0.717) is 18.2 Å². The number of rotatable bonds is 9. The van der Waals surface area contributed by atoms with Gasteiger partial charge in [0.2, 0.25) is 0 Å². The van der Waals surface area contributed by atoms with Crippen molar-refractivity contribution in [3.8, 4) is 16.9 Å². The smallest absolute Gasteiger partial charge is 0.307 e. The Hall–Kier alpha value is -3.32. The van der Waals surface area contributed by atoms with Crippen molar-refractivity contribution in [1.82, 2.24) is 9.97 Å². The van der Waals surface area contributed by atoms with Crippen molar-refractivity contribution >= 4 is 29.1 Å². The monoisotopic (exact) mass is 550 g/mol. The average molecular weight is 551 g/mol. The zero-order valence-electron chi connectivity index (χ0n) is 23.8. The highest BCUT2D eigenvalue weighted by atomic mass is 35.5. The molecular formula is C31H39ClN4O3. The third-order valence-corrected chi connectivity index (χ3v) is 8.21. The summed E-state index contributed by atoms with van der Waals surface area (Å²) in [6, 6.07) is 8.03. The molecule has 39 heavy (non-hydrogen) atoms. The SMILES string of the molecule is Cc1ccc(C)c(OCCN(C)c2ccc(-c3cnc(C)c(CC(=O)O)c3N3CCC(C)(C)CC3)cn2)c1Cl. The third-order valence-electron chi connectivity index (χ3n) is 7.74. The first-order chi connectivity index (χ1) is 18.5. The first kappa shape index (κ1) is 28.7. The van der Waals surface area contributed by atoms with Crippen LogP contribution in [0.5, 0.6) is 5.75 Å². The first-order valence-corrected chi connectivity index (χ1v) is 13.9. The molecule has 2 aromatic heterocycles. The number of aliphatic carboxylic acids is 1. The second-order valence-corrected chi connectivity index (χ2v) is 11.7.